The smallest absolute Gasteiger partial charge is 0.242 e. The molecule has 0 radical (unpaired) electrons. The third kappa shape index (κ3) is 5.62. The number of amides is 2. The van der Waals surface area contributed by atoms with Crippen LogP contribution in [0.1, 0.15) is 29.3 Å². The van der Waals surface area contributed by atoms with Gasteiger partial charge in [0.05, 0.1) is 5.69 Å². The zero-order valence-corrected chi connectivity index (χ0v) is 18.8. The van der Waals surface area contributed by atoms with Crippen LogP contribution in [0.25, 0.3) is 0 Å². The fraction of sp³-hybridized carbons (Fsp3) is 0.217. The van der Waals surface area contributed by atoms with Crippen LogP contribution in [0.15, 0.2) is 60.1 Å². The molecule has 1 fully saturated rings. The highest BCUT2D eigenvalue weighted by atomic mass is 35.5. The second-order valence-corrected chi connectivity index (χ2v) is 8.64. The summed E-state index contributed by atoms with van der Waals surface area (Å²) >= 11 is 7.42. The molecule has 0 aliphatic carbocycles. The van der Waals surface area contributed by atoms with E-state index >= 15 is 0 Å². The topological polar surface area (TPSA) is 78.8 Å². The van der Waals surface area contributed by atoms with Crippen molar-refractivity contribution < 1.29 is 14.4 Å². The van der Waals surface area contributed by atoms with Crippen molar-refractivity contribution in [2.75, 3.05) is 11.9 Å². The summed E-state index contributed by atoms with van der Waals surface area (Å²) in [6, 6.07) is 12.1. The predicted octanol–water partition coefficient (Wildman–Crippen LogP) is 5.00. The Morgan fingerprint density at radius 3 is 2.74 bits per heavy atom. The fourth-order valence-corrected chi connectivity index (χ4v) is 4.32. The average molecular weight is 456 g/mol. The predicted molar refractivity (Wildman–Crippen MR) is 126 cm³/mol. The maximum Gasteiger partial charge on any atom is 0.242 e. The zero-order valence-electron chi connectivity index (χ0n) is 17.2. The molecule has 1 aliphatic heterocycles. The lowest BCUT2D eigenvalue weighted by Crippen LogP contribution is -2.33. The number of aliphatic imine (C=N–C) groups is 1. The van der Waals surface area contributed by atoms with Gasteiger partial charge in [0.2, 0.25) is 11.8 Å². The van der Waals surface area contributed by atoms with Gasteiger partial charge in [-0.1, -0.05) is 47.6 Å². The van der Waals surface area contributed by atoms with Crippen LogP contribution in [0.5, 0.6) is 0 Å². The summed E-state index contributed by atoms with van der Waals surface area (Å²) in [6.45, 7) is 7.36. The molecule has 2 amide bonds. The van der Waals surface area contributed by atoms with Crippen molar-refractivity contribution in [2.45, 2.75) is 25.5 Å². The van der Waals surface area contributed by atoms with E-state index in [9.17, 15) is 14.4 Å². The van der Waals surface area contributed by atoms with Gasteiger partial charge in [0.1, 0.15) is 5.25 Å². The van der Waals surface area contributed by atoms with Crippen LogP contribution in [0.3, 0.4) is 0 Å². The summed E-state index contributed by atoms with van der Waals surface area (Å²) in [4.78, 5) is 43.0. The van der Waals surface area contributed by atoms with Gasteiger partial charge in [0.15, 0.2) is 11.0 Å². The van der Waals surface area contributed by atoms with Gasteiger partial charge >= 0.3 is 0 Å². The number of rotatable bonds is 7. The molecular formula is C23H22ClN3O3S. The van der Waals surface area contributed by atoms with E-state index in [-0.39, 0.29) is 24.0 Å². The lowest BCUT2D eigenvalue weighted by Gasteiger charge is -2.14. The molecule has 2 aromatic carbocycles. The lowest BCUT2D eigenvalue weighted by atomic mass is 10.1. The number of amidine groups is 1. The van der Waals surface area contributed by atoms with Crippen LogP contribution >= 0.6 is 23.4 Å². The van der Waals surface area contributed by atoms with Crippen molar-refractivity contribution in [3.63, 3.8) is 0 Å². The standard InChI is InChI=1S/C23H22ClN3O3S/c1-4-10-27-22(30)20(31-23(27)26-18-9-8-14(2)19(24)12-18)13-21(29)25-17-7-5-6-16(11-17)15(3)28/h4-9,11-12,20H,1,10,13H2,2-3H3,(H,25,29)/t20-/m1/s1. The maximum absolute atomic E-state index is 12.9. The molecule has 1 saturated heterocycles. The molecule has 1 atom stereocenters. The molecule has 0 aromatic heterocycles. The highest BCUT2D eigenvalue weighted by Crippen LogP contribution is 2.32. The molecule has 8 heteroatoms. The van der Waals surface area contributed by atoms with Gasteiger partial charge in [-0.25, -0.2) is 4.99 Å². The number of halogens is 1. The van der Waals surface area contributed by atoms with Gasteiger partial charge in [-0.15, -0.1) is 6.58 Å². The van der Waals surface area contributed by atoms with E-state index in [1.165, 1.54) is 23.6 Å². The number of nitrogens with one attached hydrogen (secondary N) is 1. The van der Waals surface area contributed by atoms with Crippen LogP contribution in [0.2, 0.25) is 5.02 Å². The summed E-state index contributed by atoms with van der Waals surface area (Å²) in [6.07, 6.45) is 1.60. The number of aryl methyl sites for hydroxylation is 1. The van der Waals surface area contributed by atoms with Gasteiger partial charge in [-0.3, -0.25) is 19.3 Å². The Bertz CT molecular complexity index is 1080. The molecule has 31 heavy (non-hydrogen) atoms. The van der Waals surface area contributed by atoms with Gasteiger partial charge < -0.3 is 5.32 Å². The SMILES string of the molecule is C=CCN1C(=O)[C@@H](CC(=O)Nc2cccc(C(C)=O)c2)SC1=Nc1ccc(C)c(Cl)c1. The Balaban J connectivity index is 1.75. The Hall–Kier alpha value is -2.90. The van der Waals surface area contributed by atoms with E-state index in [2.05, 4.69) is 16.9 Å². The first-order valence-corrected chi connectivity index (χ1v) is 10.9. The minimum Gasteiger partial charge on any atom is -0.326 e. The van der Waals surface area contributed by atoms with E-state index in [0.29, 0.717) is 33.7 Å². The zero-order chi connectivity index (χ0) is 22.5. The van der Waals surface area contributed by atoms with Gasteiger partial charge in [0.25, 0.3) is 0 Å². The van der Waals surface area contributed by atoms with E-state index in [1.807, 2.05) is 19.1 Å². The van der Waals surface area contributed by atoms with Gasteiger partial charge in [-0.2, -0.15) is 0 Å². The van der Waals surface area contributed by atoms with Crippen molar-refractivity contribution in [2.24, 2.45) is 4.99 Å². The first-order chi connectivity index (χ1) is 14.8. The summed E-state index contributed by atoms with van der Waals surface area (Å²) in [5.41, 5.74) is 2.59. The van der Waals surface area contributed by atoms with Crippen molar-refractivity contribution in [3.8, 4) is 0 Å². The minimum atomic E-state index is -0.601. The highest BCUT2D eigenvalue weighted by Gasteiger charge is 2.38. The van der Waals surface area contributed by atoms with E-state index < -0.39 is 5.25 Å². The molecule has 0 unspecified atom stereocenters. The number of benzene rings is 2. The van der Waals surface area contributed by atoms with Crippen LogP contribution < -0.4 is 5.32 Å². The first-order valence-electron chi connectivity index (χ1n) is 9.63. The Morgan fingerprint density at radius 1 is 1.29 bits per heavy atom. The molecule has 1 N–H and O–H groups in total. The molecule has 1 heterocycles. The molecule has 1 aliphatic rings. The van der Waals surface area contributed by atoms with E-state index in [0.717, 1.165) is 5.56 Å². The Morgan fingerprint density at radius 2 is 2.06 bits per heavy atom. The van der Waals surface area contributed by atoms with Crippen molar-refractivity contribution in [1.29, 1.82) is 0 Å². The van der Waals surface area contributed by atoms with Crippen molar-refractivity contribution >= 4 is 57.5 Å². The van der Waals surface area contributed by atoms with Crippen molar-refractivity contribution in [1.82, 2.24) is 4.90 Å². The number of Topliss-reactive ketones (excluding diaryl/α,β-unsaturated/α-hetero) is 1. The van der Waals surface area contributed by atoms with Crippen LogP contribution in [-0.4, -0.2) is 39.5 Å². The molecule has 0 saturated carbocycles. The summed E-state index contributed by atoms with van der Waals surface area (Å²) in [5.74, 6) is -0.603. The minimum absolute atomic E-state index is 0.0187. The molecule has 6 nitrogen and oxygen atoms in total. The average Bonchev–Trinajstić information content (AvgIpc) is 3.00. The third-order valence-electron chi connectivity index (χ3n) is 4.64. The normalized spacial score (nSPS) is 17.1. The second kappa shape index (κ2) is 9.94. The number of ketones is 1. The summed E-state index contributed by atoms with van der Waals surface area (Å²) in [5, 5.41) is 3.25. The summed E-state index contributed by atoms with van der Waals surface area (Å²) < 4.78 is 0. The fourth-order valence-electron chi connectivity index (χ4n) is 2.98. The van der Waals surface area contributed by atoms with Crippen LogP contribution in [-0.2, 0) is 9.59 Å². The highest BCUT2D eigenvalue weighted by molar-refractivity contribution is 8.15. The third-order valence-corrected chi connectivity index (χ3v) is 6.22. The first kappa shape index (κ1) is 22.8. The summed E-state index contributed by atoms with van der Waals surface area (Å²) in [7, 11) is 0. The number of carbonyl (C=O) groups is 3. The Kier molecular flexibility index (Phi) is 7.30. The molecule has 0 spiro atoms. The molecular weight excluding hydrogens is 434 g/mol. The Labute approximate surface area is 190 Å². The molecule has 0 bridgehead atoms. The lowest BCUT2D eigenvalue weighted by molar-refractivity contribution is -0.127. The van der Waals surface area contributed by atoms with Crippen LogP contribution in [0.4, 0.5) is 11.4 Å². The van der Waals surface area contributed by atoms with E-state index in [1.54, 1.807) is 36.4 Å². The second-order valence-electron chi connectivity index (χ2n) is 7.06. The molecule has 3 rings (SSSR count). The van der Waals surface area contributed by atoms with E-state index in [4.69, 9.17) is 11.6 Å². The molecule has 2 aromatic rings. The number of hydrogen-bond donors (Lipinski definition) is 1. The largest absolute Gasteiger partial charge is 0.326 e. The number of carbonyl (C=O) groups excluding carboxylic acids is 3. The van der Waals surface area contributed by atoms with Crippen molar-refractivity contribution in [3.05, 3.63) is 71.3 Å². The number of hydrogen-bond acceptors (Lipinski definition) is 5. The maximum atomic E-state index is 12.9. The number of nitrogens with zero attached hydrogens (tertiary/aromatic N) is 2. The number of thioether (sulfide) groups is 1. The quantitative estimate of drug-likeness (QED) is 0.470. The molecule has 160 valence electrons. The van der Waals surface area contributed by atoms with Gasteiger partial charge in [0, 0.05) is 29.2 Å². The monoisotopic (exact) mass is 455 g/mol. The number of anilines is 1. The van der Waals surface area contributed by atoms with Gasteiger partial charge in [-0.05, 0) is 43.7 Å². The van der Waals surface area contributed by atoms with Crippen LogP contribution in [0, 0.1) is 6.92 Å².